The first-order valence-electron chi connectivity index (χ1n) is 8.99. The Kier molecular flexibility index (Phi) is 5.48. The second-order valence-corrected chi connectivity index (χ2v) is 7.62. The summed E-state index contributed by atoms with van der Waals surface area (Å²) in [7, 11) is 0. The van der Waals surface area contributed by atoms with Gasteiger partial charge in [-0.25, -0.2) is 0 Å². The predicted molar refractivity (Wildman–Crippen MR) is 115 cm³/mol. The maximum Gasteiger partial charge on any atom is 0.248 e. The summed E-state index contributed by atoms with van der Waals surface area (Å²) in [5, 5.41) is 0. The minimum Gasteiger partial charge on any atom is -0.491 e. The fourth-order valence-electron chi connectivity index (χ4n) is 3.19. The summed E-state index contributed by atoms with van der Waals surface area (Å²) in [5.74, 6) is 0.768. The van der Waals surface area contributed by atoms with E-state index in [2.05, 4.69) is 27.6 Å². The van der Waals surface area contributed by atoms with Crippen LogP contribution in [0.15, 0.2) is 60.9 Å². The Labute approximate surface area is 181 Å². The zero-order chi connectivity index (χ0) is 20.4. The van der Waals surface area contributed by atoms with Gasteiger partial charge in [0.15, 0.2) is 5.78 Å². The van der Waals surface area contributed by atoms with Gasteiger partial charge in [0, 0.05) is 24.4 Å². The van der Waals surface area contributed by atoms with Crippen molar-refractivity contribution in [2.75, 3.05) is 6.61 Å². The second kappa shape index (κ2) is 8.20. The highest BCUT2D eigenvalue weighted by Crippen LogP contribution is 2.39. The normalized spacial score (nSPS) is 13.9. The van der Waals surface area contributed by atoms with Crippen LogP contribution < -0.4 is 15.2 Å². The maximum absolute atomic E-state index is 12.1. The number of ketones is 1. The minimum absolute atomic E-state index is 0.0726. The van der Waals surface area contributed by atoms with E-state index in [1.165, 1.54) is 0 Å². The lowest BCUT2D eigenvalue weighted by Gasteiger charge is -2.24. The highest BCUT2D eigenvalue weighted by molar-refractivity contribution is 14.1. The lowest BCUT2D eigenvalue weighted by atomic mass is 10.0. The number of halogens is 1. The van der Waals surface area contributed by atoms with Crippen molar-refractivity contribution in [1.82, 2.24) is 4.98 Å². The van der Waals surface area contributed by atoms with Gasteiger partial charge in [-0.1, -0.05) is 12.1 Å². The predicted octanol–water partition coefficient (Wildman–Crippen LogP) is 3.92. The van der Waals surface area contributed by atoms with Crippen LogP contribution in [0.5, 0.6) is 11.5 Å². The average molecular weight is 500 g/mol. The summed E-state index contributed by atoms with van der Waals surface area (Å²) >= 11 is 2.14. The van der Waals surface area contributed by atoms with Gasteiger partial charge in [0.05, 0.1) is 15.7 Å². The maximum atomic E-state index is 12.1. The van der Waals surface area contributed by atoms with E-state index in [-0.39, 0.29) is 5.78 Å². The summed E-state index contributed by atoms with van der Waals surface area (Å²) in [4.78, 5) is 27.6. The van der Waals surface area contributed by atoms with Crippen LogP contribution in [-0.2, 0) is 0 Å². The molecular weight excluding hydrogens is 483 g/mol. The van der Waals surface area contributed by atoms with Crippen molar-refractivity contribution in [3.05, 3.63) is 86.7 Å². The number of aromatic nitrogens is 1. The number of pyridine rings is 1. The molecule has 0 saturated carbocycles. The molecule has 1 atom stereocenters. The molecule has 0 aliphatic carbocycles. The lowest BCUT2D eigenvalue weighted by molar-refractivity contribution is 0.0931. The number of amides is 1. The van der Waals surface area contributed by atoms with Crippen molar-refractivity contribution < 1.29 is 19.1 Å². The first kappa shape index (κ1) is 19.4. The van der Waals surface area contributed by atoms with Gasteiger partial charge >= 0.3 is 0 Å². The van der Waals surface area contributed by atoms with Gasteiger partial charge in [0.1, 0.15) is 17.6 Å². The number of nitrogens with two attached hydrogens (primary N) is 1. The quantitative estimate of drug-likeness (QED) is 0.537. The number of nitrogens with zero attached hydrogens (tertiary/aromatic N) is 1. The Balaban J connectivity index is 1.73. The van der Waals surface area contributed by atoms with Crippen LogP contribution in [0.2, 0.25) is 0 Å². The summed E-state index contributed by atoms with van der Waals surface area (Å²) in [5.41, 5.74) is 8.11. The SMILES string of the molecule is NC(=O)c1ccc([C@@H](Oc2ccc3c(c2I)OCCC3=O)c2ccncc2)cc1. The zero-order valence-corrected chi connectivity index (χ0v) is 17.5. The fraction of sp³-hybridized carbons (Fsp3) is 0.136. The standard InChI is InChI=1S/C22H17IN2O4/c23-19-18(6-5-16-17(26)9-12-28-21(16)19)29-20(14-7-10-25-11-8-14)13-1-3-15(4-2-13)22(24)27/h1-8,10-11,20H,9,12H2,(H2,24,27)/t20-/m1/s1. The molecule has 0 saturated heterocycles. The third-order valence-corrected chi connectivity index (χ3v) is 5.71. The number of Topliss-reactive ketones (excluding diaryl/α,β-unsaturated/α-hetero) is 1. The third kappa shape index (κ3) is 3.95. The van der Waals surface area contributed by atoms with Gasteiger partial charge in [-0.3, -0.25) is 14.6 Å². The molecule has 1 aliphatic heterocycles. The molecule has 1 aliphatic rings. The smallest absolute Gasteiger partial charge is 0.248 e. The Morgan fingerprint density at radius 1 is 1.07 bits per heavy atom. The van der Waals surface area contributed by atoms with Gasteiger partial charge in [-0.2, -0.15) is 0 Å². The molecule has 2 aromatic carbocycles. The van der Waals surface area contributed by atoms with Crippen molar-refractivity contribution in [3.8, 4) is 11.5 Å². The van der Waals surface area contributed by atoms with Crippen molar-refractivity contribution in [2.24, 2.45) is 5.73 Å². The number of hydrogen-bond acceptors (Lipinski definition) is 5. The molecule has 146 valence electrons. The van der Waals surface area contributed by atoms with E-state index in [0.29, 0.717) is 35.7 Å². The zero-order valence-electron chi connectivity index (χ0n) is 15.3. The van der Waals surface area contributed by atoms with Crippen LogP contribution in [0, 0.1) is 3.57 Å². The van der Waals surface area contributed by atoms with E-state index in [4.69, 9.17) is 15.2 Å². The number of ether oxygens (including phenoxy) is 2. The minimum atomic E-state index is -0.482. The summed E-state index contributed by atoms with van der Waals surface area (Å²) in [6.07, 6.45) is 3.34. The van der Waals surface area contributed by atoms with Crippen molar-refractivity contribution in [1.29, 1.82) is 0 Å². The molecule has 0 unspecified atom stereocenters. The molecule has 0 spiro atoms. The Morgan fingerprint density at radius 2 is 1.76 bits per heavy atom. The van der Waals surface area contributed by atoms with Gasteiger partial charge in [-0.15, -0.1) is 0 Å². The summed E-state index contributed by atoms with van der Waals surface area (Å²) < 4.78 is 12.9. The number of fused-ring (bicyclic) bond motifs is 1. The van der Waals surface area contributed by atoms with Gasteiger partial charge in [0.2, 0.25) is 5.91 Å². The van der Waals surface area contributed by atoms with E-state index in [0.717, 1.165) is 14.7 Å². The molecule has 7 heteroatoms. The van der Waals surface area contributed by atoms with Crippen molar-refractivity contribution >= 4 is 34.3 Å². The molecule has 3 aromatic rings. The summed E-state index contributed by atoms with van der Waals surface area (Å²) in [6.45, 7) is 0.369. The molecular formula is C22H17IN2O4. The van der Waals surface area contributed by atoms with Crippen molar-refractivity contribution in [3.63, 3.8) is 0 Å². The molecule has 2 N–H and O–H groups in total. The number of benzene rings is 2. The van der Waals surface area contributed by atoms with Gasteiger partial charge < -0.3 is 15.2 Å². The van der Waals surface area contributed by atoms with E-state index in [1.54, 1.807) is 36.7 Å². The second-order valence-electron chi connectivity index (χ2n) is 6.54. The Bertz CT molecular complexity index is 1070. The first-order chi connectivity index (χ1) is 14.0. The molecule has 1 aromatic heterocycles. The largest absolute Gasteiger partial charge is 0.491 e. The van der Waals surface area contributed by atoms with E-state index < -0.39 is 12.0 Å². The molecule has 0 fully saturated rings. The lowest BCUT2D eigenvalue weighted by Crippen LogP contribution is -2.17. The number of carbonyl (C=O) groups is 2. The Morgan fingerprint density at radius 3 is 2.45 bits per heavy atom. The van der Waals surface area contributed by atoms with Crippen LogP contribution in [0.25, 0.3) is 0 Å². The summed E-state index contributed by atoms with van der Waals surface area (Å²) in [6, 6.07) is 14.3. The van der Waals surface area contributed by atoms with Crippen LogP contribution >= 0.6 is 22.6 Å². The van der Waals surface area contributed by atoms with Crippen LogP contribution in [0.3, 0.4) is 0 Å². The van der Waals surface area contributed by atoms with Gasteiger partial charge in [0.25, 0.3) is 0 Å². The van der Waals surface area contributed by atoms with E-state index >= 15 is 0 Å². The topological polar surface area (TPSA) is 91.5 Å². The molecule has 4 rings (SSSR count). The number of carbonyl (C=O) groups excluding carboxylic acids is 2. The third-order valence-electron chi connectivity index (χ3n) is 4.69. The molecule has 2 heterocycles. The molecule has 29 heavy (non-hydrogen) atoms. The number of primary amides is 1. The van der Waals surface area contributed by atoms with Crippen LogP contribution in [0.4, 0.5) is 0 Å². The van der Waals surface area contributed by atoms with E-state index in [9.17, 15) is 9.59 Å². The molecule has 0 radical (unpaired) electrons. The molecule has 0 bridgehead atoms. The number of rotatable bonds is 5. The first-order valence-corrected chi connectivity index (χ1v) is 10.1. The average Bonchev–Trinajstić information content (AvgIpc) is 2.74. The highest BCUT2D eigenvalue weighted by Gasteiger charge is 2.25. The Hall–Kier alpha value is -2.94. The van der Waals surface area contributed by atoms with E-state index in [1.807, 2.05) is 24.3 Å². The van der Waals surface area contributed by atoms with Crippen LogP contribution in [-0.4, -0.2) is 23.3 Å². The fourth-order valence-corrected chi connectivity index (χ4v) is 3.94. The monoisotopic (exact) mass is 500 g/mol. The highest BCUT2D eigenvalue weighted by atomic mass is 127. The molecule has 1 amide bonds. The van der Waals surface area contributed by atoms with Crippen LogP contribution in [0.1, 0.15) is 44.4 Å². The van der Waals surface area contributed by atoms with Gasteiger partial charge in [-0.05, 0) is 70.1 Å². The van der Waals surface area contributed by atoms with Crippen molar-refractivity contribution in [2.45, 2.75) is 12.5 Å². The number of hydrogen-bond donors (Lipinski definition) is 1. The molecule has 6 nitrogen and oxygen atoms in total.